The molecule has 0 aliphatic carbocycles. The zero-order valence-corrected chi connectivity index (χ0v) is 20.2. The molecule has 0 fully saturated rings. The van der Waals surface area contributed by atoms with Crippen LogP contribution in [0.4, 0.5) is 11.6 Å². The number of hydrogen-bond donors (Lipinski definition) is 1. The third-order valence-electron chi connectivity index (χ3n) is 5.20. The van der Waals surface area contributed by atoms with Crippen molar-refractivity contribution in [3.05, 3.63) is 88.2 Å². The molecule has 0 saturated carbocycles. The van der Waals surface area contributed by atoms with Crippen LogP contribution in [0.25, 0.3) is 6.08 Å². The van der Waals surface area contributed by atoms with E-state index >= 15 is 0 Å². The van der Waals surface area contributed by atoms with Crippen LogP contribution < -0.4 is 4.90 Å². The SMILES string of the molecule is CCCN(c1ccc(/C=C/CC(CC(=O)c2c(Cl)cccc2Cl)C(=O)O)cc1)c1ncccn1. The highest BCUT2D eigenvalue weighted by Crippen LogP contribution is 2.28. The van der Waals surface area contributed by atoms with Crippen LogP contribution >= 0.6 is 23.2 Å². The van der Waals surface area contributed by atoms with Gasteiger partial charge in [-0.3, -0.25) is 9.59 Å². The third-order valence-corrected chi connectivity index (χ3v) is 5.83. The highest BCUT2D eigenvalue weighted by molar-refractivity contribution is 6.39. The Morgan fingerprint density at radius 1 is 1.03 bits per heavy atom. The summed E-state index contributed by atoms with van der Waals surface area (Å²) in [5, 5.41) is 10.0. The molecule has 2 aromatic carbocycles. The Bertz CT molecular complexity index is 1130. The van der Waals surface area contributed by atoms with Crippen molar-refractivity contribution in [1.82, 2.24) is 9.97 Å². The number of aliphatic carboxylic acids is 1. The molecule has 0 spiro atoms. The zero-order chi connectivity index (χ0) is 24.5. The van der Waals surface area contributed by atoms with Crippen LogP contribution in [0.5, 0.6) is 0 Å². The van der Waals surface area contributed by atoms with Gasteiger partial charge in [-0.2, -0.15) is 0 Å². The molecule has 3 rings (SSSR count). The van der Waals surface area contributed by atoms with E-state index in [1.165, 1.54) is 0 Å². The van der Waals surface area contributed by atoms with Crippen LogP contribution in [0.15, 0.2) is 67.0 Å². The fourth-order valence-electron chi connectivity index (χ4n) is 3.49. The zero-order valence-electron chi connectivity index (χ0n) is 18.7. The summed E-state index contributed by atoms with van der Waals surface area (Å²) in [6.45, 7) is 2.87. The average molecular weight is 498 g/mol. The summed E-state index contributed by atoms with van der Waals surface area (Å²) in [4.78, 5) is 35.1. The van der Waals surface area contributed by atoms with Crippen molar-refractivity contribution in [3.8, 4) is 0 Å². The van der Waals surface area contributed by atoms with Gasteiger partial charge in [0.25, 0.3) is 0 Å². The summed E-state index contributed by atoms with van der Waals surface area (Å²) in [5.74, 6) is -1.68. The van der Waals surface area contributed by atoms with E-state index < -0.39 is 11.9 Å². The van der Waals surface area contributed by atoms with Gasteiger partial charge in [0.2, 0.25) is 5.95 Å². The maximum atomic E-state index is 12.6. The fourth-order valence-corrected chi connectivity index (χ4v) is 4.10. The quantitative estimate of drug-likeness (QED) is 0.296. The summed E-state index contributed by atoms with van der Waals surface area (Å²) < 4.78 is 0. The van der Waals surface area contributed by atoms with Gasteiger partial charge < -0.3 is 10.0 Å². The lowest BCUT2D eigenvalue weighted by molar-refractivity contribution is -0.141. The molecule has 8 heteroatoms. The molecule has 1 aromatic heterocycles. The largest absolute Gasteiger partial charge is 0.481 e. The van der Waals surface area contributed by atoms with Crippen LogP contribution in [0.3, 0.4) is 0 Å². The van der Waals surface area contributed by atoms with Crippen molar-refractivity contribution < 1.29 is 14.7 Å². The fraction of sp³-hybridized carbons (Fsp3) is 0.231. The Balaban J connectivity index is 1.67. The molecule has 176 valence electrons. The van der Waals surface area contributed by atoms with Gasteiger partial charge in [0.15, 0.2) is 5.78 Å². The van der Waals surface area contributed by atoms with Crippen LogP contribution in [-0.4, -0.2) is 33.4 Å². The predicted octanol–water partition coefficient (Wildman–Crippen LogP) is 6.71. The van der Waals surface area contributed by atoms with E-state index in [9.17, 15) is 14.7 Å². The highest BCUT2D eigenvalue weighted by atomic mass is 35.5. The molecule has 1 N–H and O–H groups in total. The van der Waals surface area contributed by atoms with Crippen molar-refractivity contribution in [3.63, 3.8) is 0 Å². The molecule has 3 aromatic rings. The summed E-state index contributed by atoms with van der Waals surface area (Å²) in [5.41, 5.74) is 2.05. The summed E-state index contributed by atoms with van der Waals surface area (Å²) in [7, 11) is 0. The third kappa shape index (κ3) is 6.65. The lowest BCUT2D eigenvalue weighted by Crippen LogP contribution is -2.20. The second-order valence-corrected chi connectivity index (χ2v) is 8.50. The number of anilines is 2. The summed E-state index contributed by atoms with van der Waals surface area (Å²) >= 11 is 12.2. The number of nitrogens with zero attached hydrogens (tertiary/aromatic N) is 3. The molecular weight excluding hydrogens is 473 g/mol. The Hall–Kier alpha value is -3.22. The number of halogens is 2. The molecule has 0 radical (unpaired) electrons. The number of carboxylic acid groups (broad SMARTS) is 1. The Morgan fingerprint density at radius 2 is 1.68 bits per heavy atom. The molecule has 1 unspecified atom stereocenters. The first-order valence-electron chi connectivity index (χ1n) is 10.9. The molecule has 0 amide bonds. The second-order valence-electron chi connectivity index (χ2n) is 7.69. The summed E-state index contributed by atoms with van der Waals surface area (Å²) in [6.07, 6.45) is 7.98. The highest BCUT2D eigenvalue weighted by Gasteiger charge is 2.23. The number of benzene rings is 2. The minimum absolute atomic E-state index is 0.163. The topological polar surface area (TPSA) is 83.4 Å². The predicted molar refractivity (Wildman–Crippen MR) is 136 cm³/mol. The molecule has 0 aliphatic rings. The maximum Gasteiger partial charge on any atom is 0.307 e. The first-order valence-corrected chi connectivity index (χ1v) is 11.7. The normalized spacial score (nSPS) is 12.0. The monoisotopic (exact) mass is 497 g/mol. The standard InChI is InChI=1S/C26H25Cl2N3O3/c1-2-16-31(26-29-14-5-15-30-26)20-12-10-18(11-13-20)6-3-7-19(25(33)34)17-23(32)24-21(27)8-4-9-22(24)28/h3-6,8-15,19H,2,7,16-17H2,1H3,(H,33,34)/b6-3+. The van der Waals surface area contributed by atoms with Gasteiger partial charge >= 0.3 is 5.97 Å². The van der Waals surface area contributed by atoms with Crippen LogP contribution in [0.1, 0.15) is 42.1 Å². The average Bonchev–Trinajstić information content (AvgIpc) is 2.83. The van der Waals surface area contributed by atoms with E-state index in [2.05, 4.69) is 16.9 Å². The Labute approximate surface area is 208 Å². The molecule has 0 aliphatic heterocycles. The first kappa shape index (κ1) is 25.4. The number of aromatic nitrogens is 2. The van der Waals surface area contributed by atoms with E-state index in [1.807, 2.05) is 35.2 Å². The second kappa shape index (κ2) is 12.3. The molecule has 1 atom stereocenters. The van der Waals surface area contributed by atoms with E-state index in [-0.39, 0.29) is 34.2 Å². The maximum absolute atomic E-state index is 12.6. The van der Waals surface area contributed by atoms with E-state index in [4.69, 9.17) is 23.2 Å². The van der Waals surface area contributed by atoms with E-state index in [1.54, 1.807) is 42.7 Å². The van der Waals surface area contributed by atoms with E-state index in [0.717, 1.165) is 24.2 Å². The number of carbonyl (C=O) groups is 2. The smallest absolute Gasteiger partial charge is 0.307 e. The van der Waals surface area contributed by atoms with Gasteiger partial charge in [0, 0.05) is 31.0 Å². The lowest BCUT2D eigenvalue weighted by atomic mass is 9.95. The first-order chi connectivity index (χ1) is 16.4. The van der Waals surface area contributed by atoms with E-state index in [0.29, 0.717) is 5.95 Å². The molecule has 6 nitrogen and oxygen atoms in total. The molecule has 0 saturated heterocycles. The minimum Gasteiger partial charge on any atom is -0.481 e. The van der Waals surface area contributed by atoms with Crippen LogP contribution in [0.2, 0.25) is 10.0 Å². The molecule has 34 heavy (non-hydrogen) atoms. The number of allylic oxidation sites excluding steroid dienone is 1. The van der Waals surface area contributed by atoms with Gasteiger partial charge in [-0.25, -0.2) is 9.97 Å². The summed E-state index contributed by atoms with van der Waals surface area (Å²) in [6, 6.07) is 14.4. The van der Waals surface area contributed by atoms with Gasteiger partial charge in [0.05, 0.1) is 21.5 Å². The van der Waals surface area contributed by atoms with Crippen molar-refractivity contribution >= 4 is 52.7 Å². The number of Topliss-reactive ketones (excluding diaryl/α,β-unsaturated/α-hetero) is 1. The number of ketones is 1. The molecule has 1 heterocycles. The van der Waals surface area contributed by atoms with Crippen molar-refractivity contribution in [2.75, 3.05) is 11.4 Å². The Kier molecular flexibility index (Phi) is 9.19. The van der Waals surface area contributed by atoms with Crippen molar-refractivity contribution in [1.29, 1.82) is 0 Å². The lowest BCUT2D eigenvalue weighted by Gasteiger charge is -2.22. The van der Waals surface area contributed by atoms with Crippen molar-refractivity contribution in [2.45, 2.75) is 26.2 Å². The minimum atomic E-state index is -1.05. The van der Waals surface area contributed by atoms with Crippen LogP contribution in [-0.2, 0) is 4.79 Å². The van der Waals surface area contributed by atoms with Gasteiger partial charge in [-0.15, -0.1) is 0 Å². The van der Waals surface area contributed by atoms with Crippen molar-refractivity contribution in [2.24, 2.45) is 5.92 Å². The van der Waals surface area contributed by atoms with Gasteiger partial charge in [-0.05, 0) is 48.7 Å². The van der Waals surface area contributed by atoms with Gasteiger partial charge in [-0.1, -0.05) is 60.5 Å². The number of rotatable bonds is 11. The van der Waals surface area contributed by atoms with Gasteiger partial charge in [0.1, 0.15) is 0 Å². The number of carboxylic acids is 1. The number of hydrogen-bond acceptors (Lipinski definition) is 5. The molecular formula is C26H25Cl2N3O3. The van der Waals surface area contributed by atoms with Crippen LogP contribution in [0, 0.1) is 5.92 Å². The Morgan fingerprint density at radius 3 is 2.26 bits per heavy atom. The number of carbonyl (C=O) groups excluding carboxylic acids is 1. The molecule has 0 bridgehead atoms.